The summed E-state index contributed by atoms with van der Waals surface area (Å²) in [4.78, 5) is 15.2. The zero-order chi connectivity index (χ0) is 12.7. The second-order valence-corrected chi connectivity index (χ2v) is 4.23. The molecule has 0 spiro atoms. The maximum absolute atomic E-state index is 12.9. The summed E-state index contributed by atoms with van der Waals surface area (Å²) < 4.78 is 12.9. The molecule has 0 aromatic heterocycles. The molecule has 0 aromatic rings. The van der Waals surface area contributed by atoms with Gasteiger partial charge in [0, 0.05) is 19.1 Å². The molecule has 0 N–H and O–H groups in total. The highest BCUT2D eigenvalue weighted by Gasteiger charge is 2.23. The quantitative estimate of drug-likeness (QED) is 0.625. The maximum Gasteiger partial charge on any atom is 0.282 e. The molecule has 0 aliphatic heterocycles. The monoisotopic (exact) mass is 230 g/mol. The van der Waals surface area contributed by atoms with Gasteiger partial charge in [-0.05, 0) is 26.9 Å². The summed E-state index contributed by atoms with van der Waals surface area (Å²) in [5.74, 6) is -1.44. The Kier molecular flexibility index (Phi) is 6.97. The summed E-state index contributed by atoms with van der Waals surface area (Å²) >= 11 is 0. The second kappa shape index (κ2) is 7.39. The fourth-order valence-electron chi connectivity index (χ4n) is 1.72. The van der Waals surface area contributed by atoms with E-state index < -0.39 is 11.7 Å². The van der Waals surface area contributed by atoms with Gasteiger partial charge in [-0.15, -0.1) is 0 Å². The van der Waals surface area contributed by atoms with Gasteiger partial charge in [0.1, 0.15) is 0 Å². The average Bonchev–Trinajstić information content (AvgIpc) is 2.21. The van der Waals surface area contributed by atoms with Crippen LogP contribution in [-0.2, 0) is 4.79 Å². The number of nitrogens with zero attached hydrogens (tertiary/aromatic N) is 2. The van der Waals surface area contributed by atoms with Crippen LogP contribution in [0.25, 0.3) is 0 Å². The van der Waals surface area contributed by atoms with E-state index in [1.807, 2.05) is 32.8 Å². The third-order valence-corrected chi connectivity index (χ3v) is 2.45. The number of likely N-dealkylation sites (N-methyl/N-ethyl adjacent to an activating group) is 1. The molecule has 0 saturated carbocycles. The van der Waals surface area contributed by atoms with E-state index in [0.717, 1.165) is 19.4 Å². The van der Waals surface area contributed by atoms with Crippen LogP contribution in [-0.4, -0.2) is 48.9 Å². The lowest BCUT2D eigenvalue weighted by molar-refractivity contribution is -0.131. The van der Waals surface area contributed by atoms with Crippen molar-refractivity contribution in [3.8, 4) is 0 Å². The topological polar surface area (TPSA) is 23.6 Å². The van der Waals surface area contributed by atoms with Crippen LogP contribution in [0.5, 0.6) is 0 Å². The van der Waals surface area contributed by atoms with Gasteiger partial charge in [-0.3, -0.25) is 4.79 Å². The van der Waals surface area contributed by atoms with Crippen LogP contribution in [0.2, 0.25) is 0 Å². The summed E-state index contributed by atoms with van der Waals surface area (Å²) in [6.07, 6.45) is 1.64. The van der Waals surface area contributed by atoms with Gasteiger partial charge in [-0.25, -0.2) is 4.39 Å². The van der Waals surface area contributed by atoms with Crippen LogP contribution in [0.1, 0.15) is 26.7 Å². The van der Waals surface area contributed by atoms with Crippen molar-refractivity contribution in [3.05, 3.63) is 12.4 Å². The van der Waals surface area contributed by atoms with Crippen LogP contribution in [0, 0.1) is 0 Å². The fraction of sp³-hybridized carbons (Fsp3) is 0.750. The minimum absolute atomic E-state index is 0.0509. The molecule has 3 nitrogen and oxygen atoms in total. The van der Waals surface area contributed by atoms with Crippen molar-refractivity contribution in [1.82, 2.24) is 9.80 Å². The Morgan fingerprint density at radius 1 is 1.38 bits per heavy atom. The first-order valence-electron chi connectivity index (χ1n) is 5.74. The number of amides is 1. The predicted molar refractivity (Wildman–Crippen MR) is 64.9 cm³/mol. The molecule has 0 heterocycles. The molecule has 0 rings (SSSR count). The van der Waals surface area contributed by atoms with E-state index in [1.54, 1.807) is 4.90 Å². The smallest absolute Gasteiger partial charge is 0.282 e. The molecule has 0 aliphatic rings. The zero-order valence-electron chi connectivity index (χ0n) is 10.8. The lowest BCUT2D eigenvalue weighted by Gasteiger charge is -2.32. The van der Waals surface area contributed by atoms with E-state index in [4.69, 9.17) is 0 Å². The van der Waals surface area contributed by atoms with Crippen LogP contribution in [0.3, 0.4) is 0 Å². The largest absolute Gasteiger partial charge is 0.332 e. The Labute approximate surface area is 97.9 Å². The van der Waals surface area contributed by atoms with Gasteiger partial charge in [0.15, 0.2) is 5.83 Å². The standard InChI is InChI=1S/C12H23FN2O/c1-6-8-15(12(16)10(3)13)11(7-2)9-14(4)5/h11H,3,6-9H2,1-2,4-5H3/t11-/m1/s1. The van der Waals surface area contributed by atoms with Gasteiger partial charge < -0.3 is 9.80 Å². The number of hydrogen-bond acceptors (Lipinski definition) is 2. The Balaban J connectivity index is 4.70. The molecule has 0 aromatic carbocycles. The van der Waals surface area contributed by atoms with Gasteiger partial charge in [-0.2, -0.15) is 0 Å². The summed E-state index contributed by atoms with van der Waals surface area (Å²) in [5.41, 5.74) is 0. The summed E-state index contributed by atoms with van der Waals surface area (Å²) in [5, 5.41) is 0. The van der Waals surface area contributed by atoms with Crippen molar-refractivity contribution < 1.29 is 9.18 Å². The SMILES string of the molecule is C=C(F)C(=O)N(CCC)[C@H](CC)CN(C)C. The molecule has 0 radical (unpaired) electrons. The third-order valence-electron chi connectivity index (χ3n) is 2.45. The van der Waals surface area contributed by atoms with Crippen LogP contribution in [0.15, 0.2) is 12.4 Å². The van der Waals surface area contributed by atoms with Gasteiger partial charge >= 0.3 is 0 Å². The summed E-state index contributed by atoms with van der Waals surface area (Å²) in [6.45, 7) is 8.39. The first-order chi connectivity index (χ1) is 7.43. The van der Waals surface area contributed by atoms with Crippen molar-refractivity contribution in [1.29, 1.82) is 0 Å². The van der Waals surface area contributed by atoms with E-state index in [9.17, 15) is 9.18 Å². The molecule has 0 unspecified atom stereocenters. The number of carbonyl (C=O) groups excluding carboxylic acids is 1. The Bertz CT molecular complexity index is 241. The second-order valence-electron chi connectivity index (χ2n) is 4.23. The molecule has 0 aliphatic carbocycles. The normalized spacial score (nSPS) is 12.6. The molecule has 4 heteroatoms. The van der Waals surface area contributed by atoms with Crippen LogP contribution < -0.4 is 0 Å². The van der Waals surface area contributed by atoms with E-state index in [2.05, 4.69) is 6.58 Å². The number of rotatable bonds is 7. The molecular weight excluding hydrogens is 207 g/mol. The van der Waals surface area contributed by atoms with Crippen LogP contribution >= 0.6 is 0 Å². The molecule has 1 amide bonds. The van der Waals surface area contributed by atoms with Crippen LogP contribution in [0.4, 0.5) is 4.39 Å². The lowest BCUT2D eigenvalue weighted by Crippen LogP contribution is -2.45. The molecular formula is C12H23FN2O. The van der Waals surface area contributed by atoms with E-state index in [1.165, 1.54) is 0 Å². The summed E-state index contributed by atoms with van der Waals surface area (Å²) in [7, 11) is 3.89. The Morgan fingerprint density at radius 2 is 1.94 bits per heavy atom. The minimum atomic E-state index is -0.870. The average molecular weight is 230 g/mol. The Morgan fingerprint density at radius 3 is 2.25 bits per heavy atom. The van der Waals surface area contributed by atoms with Crippen molar-refractivity contribution in [2.75, 3.05) is 27.2 Å². The van der Waals surface area contributed by atoms with Crippen molar-refractivity contribution in [3.63, 3.8) is 0 Å². The number of carbonyl (C=O) groups is 1. The molecule has 1 atom stereocenters. The Hall–Kier alpha value is -0.900. The molecule has 16 heavy (non-hydrogen) atoms. The van der Waals surface area contributed by atoms with E-state index in [0.29, 0.717) is 6.54 Å². The molecule has 0 fully saturated rings. The molecule has 94 valence electrons. The first kappa shape index (κ1) is 15.1. The van der Waals surface area contributed by atoms with Crippen molar-refractivity contribution in [2.45, 2.75) is 32.7 Å². The van der Waals surface area contributed by atoms with Gasteiger partial charge in [0.05, 0.1) is 0 Å². The van der Waals surface area contributed by atoms with E-state index >= 15 is 0 Å². The third kappa shape index (κ3) is 4.75. The maximum atomic E-state index is 12.9. The van der Waals surface area contributed by atoms with Gasteiger partial charge in [0.25, 0.3) is 5.91 Å². The van der Waals surface area contributed by atoms with Crippen molar-refractivity contribution in [2.24, 2.45) is 0 Å². The fourth-order valence-corrected chi connectivity index (χ4v) is 1.72. The van der Waals surface area contributed by atoms with Gasteiger partial charge in [0.2, 0.25) is 0 Å². The number of hydrogen-bond donors (Lipinski definition) is 0. The highest BCUT2D eigenvalue weighted by molar-refractivity contribution is 5.90. The lowest BCUT2D eigenvalue weighted by atomic mass is 10.1. The minimum Gasteiger partial charge on any atom is -0.332 e. The predicted octanol–water partition coefficient (Wildman–Crippen LogP) is 2.05. The molecule has 0 bridgehead atoms. The first-order valence-corrected chi connectivity index (χ1v) is 5.74. The summed E-state index contributed by atoms with van der Waals surface area (Å²) in [6, 6.07) is 0.0509. The molecule has 0 saturated heterocycles. The van der Waals surface area contributed by atoms with E-state index in [-0.39, 0.29) is 6.04 Å². The van der Waals surface area contributed by atoms with Gasteiger partial charge in [-0.1, -0.05) is 20.4 Å². The number of halogens is 1. The highest BCUT2D eigenvalue weighted by atomic mass is 19.1. The zero-order valence-corrected chi connectivity index (χ0v) is 10.8. The van der Waals surface area contributed by atoms with Crippen molar-refractivity contribution >= 4 is 5.91 Å². The highest BCUT2D eigenvalue weighted by Crippen LogP contribution is 2.11.